The number of ketones is 3. The Balaban J connectivity index is 1.41. The number of Topliss-reactive ketones (excluding diaryl/α,β-unsaturated/α-hetero) is 3. The van der Waals surface area contributed by atoms with E-state index in [0.717, 1.165) is 18.2 Å². The summed E-state index contributed by atoms with van der Waals surface area (Å²) in [5.74, 6) is -6.69. The van der Waals surface area contributed by atoms with Gasteiger partial charge in [0.05, 0.1) is 48.1 Å². The molecule has 2 fully saturated rings. The molecule has 2 aromatic carbocycles. The molecule has 0 saturated carbocycles. The van der Waals surface area contributed by atoms with Crippen molar-refractivity contribution in [2.24, 2.45) is 5.92 Å². The van der Waals surface area contributed by atoms with Crippen molar-refractivity contribution in [3.05, 3.63) is 57.2 Å². The number of aliphatic hydroxyl groups is 7. The molecular formula is C36H38O17. The molecular weight excluding hydrogens is 704 g/mol. The summed E-state index contributed by atoms with van der Waals surface area (Å²) in [6.07, 6.45) is -16.6. The zero-order valence-corrected chi connectivity index (χ0v) is 28.7. The van der Waals surface area contributed by atoms with Gasteiger partial charge in [-0.3, -0.25) is 14.4 Å². The van der Waals surface area contributed by atoms with Crippen LogP contribution in [0.2, 0.25) is 0 Å². The summed E-state index contributed by atoms with van der Waals surface area (Å²) in [5.41, 5.74) is -8.39. The lowest BCUT2D eigenvalue weighted by Gasteiger charge is -2.57. The monoisotopic (exact) mass is 742 g/mol. The molecule has 284 valence electrons. The summed E-state index contributed by atoms with van der Waals surface area (Å²) in [7, 11) is 0. The smallest absolute Gasteiger partial charge is 0.229 e. The van der Waals surface area contributed by atoms with Gasteiger partial charge < -0.3 is 69.6 Å². The van der Waals surface area contributed by atoms with Crippen LogP contribution >= 0.6 is 0 Å². The summed E-state index contributed by atoms with van der Waals surface area (Å²) < 4.78 is 29.4. The third-order valence-electron chi connectivity index (χ3n) is 11.6. The van der Waals surface area contributed by atoms with E-state index in [-0.39, 0.29) is 11.1 Å². The van der Waals surface area contributed by atoms with Gasteiger partial charge in [0.15, 0.2) is 28.6 Å². The fourth-order valence-electron chi connectivity index (χ4n) is 9.27. The molecule has 4 heterocycles. The van der Waals surface area contributed by atoms with E-state index in [9.17, 15) is 60.3 Å². The zero-order valence-electron chi connectivity index (χ0n) is 28.7. The van der Waals surface area contributed by atoms with Gasteiger partial charge in [-0.2, -0.15) is 0 Å². The highest BCUT2D eigenvalue weighted by atomic mass is 16.7. The van der Waals surface area contributed by atoms with Crippen LogP contribution in [-0.4, -0.2) is 143 Å². The number of ether oxygens (including phenoxy) is 5. The van der Waals surface area contributed by atoms with Gasteiger partial charge in [0, 0.05) is 40.0 Å². The first-order valence-electron chi connectivity index (χ1n) is 17.1. The number of carbonyl (C=O) groups excluding carboxylic acids is 3. The lowest BCUT2D eigenvalue weighted by Crippen LogP contribution is -2.75. The van der Waals surface area contributed by atoms with Crippen LogP contribution in [0.1, 0.15) is 69.9 Å². The number of aromatic hydroxyl groups is 2. The first kappa shape index (κ1) is 36.0. The number of hydrogen-bond acceptors (Lipinski definition) is 17. The molecule has 0 unspecified atom stereocenters. The Kier molecular flexibility index (Phi) is 7.97. The van der Waals surface area contributed by atoms with E-state index in [4.69, 9.17) is 23.7 Å². The number of fused-ring (bicyclic) bond motifs is 6. The predicted molar refractivity (Wildman–Crippen MR) is 173 cm³/mol. The fourth-order valence-corrected chi connectivity index (χ4v) is 9.27. The van der Waals surface area contributed by atoms with Crippen molar-refractivity contribution in [1.29, 1.82) is 0 Å². The minimum Gasteiger partial charge on any atom is -0.508 e. The summed E-state index contributed by atoms with van der Waals surface area (Å²) in [5, 5.41) is 100. The Labute approximate surface area is 300 Å². The lowest BCUT2D eigenvalue weighted by atomic mass is 9.55. The summed E-state index contributed by atoms with van der Waals surface area (Å²) >= 11 is 0. The Morgan fingerprint density at radius 3 is 2.13 bits per heavy atom. The molecule has 2 saturated heterocycles. The normalized spacial score (nSPS) is 41.5. The van der Waals surface area contributed by atoms with E-state index in [0.29, 0.717) is 0 Å². The quantitative estimate of drug-likeness (QED) is 0.172. The van der Waals surface area contributed by atoms with Gasteiger partial charge in [0.2, 0.25) is 6.29 Å². The van der Waals surface area contributed by atoms with Crippen LogP contribution in [-0.2, 0) is 19.8 Å². The van der Waals surface area contributed by atoms with E-state index in [1.807, 2.05) is 0 Å². The molecule has 8 rings (SSSR count). The Hall–Kier alpha value is -4.01. The van der Waals surface area contributed by atoms with E-state index in [1.54, 1.807) is 0 Å². The molecule has 1 spiro atoms. The molecule has 53 heavy (non-hydrogen) atoms. The second kappa shape index (κ2) is 11.7. The van der Waals surface area contributed by atoms with Crippen LogP contribution in [0.4, 0.5) is 0 Å². The number of hydrogen-bond donors (Lipinski definition) is 9. The van der Waals surface area contributed by atoms with Crippen molar-refractivity contribution in [2.75, 3.05) is 6.61 Å². The van der Waals surface area contributed by atoms with Crippen LogP contribution in [0.25, 0.3) is 0 Å². The van der Waals surface area contributed by atoms with Crippen molar-refractivity contribution in [3.8, 4) is 23.0 Å². The molecule has 4 aliphatic heterocycles. The Bertz CT molecular complexity index is 2010. The molecule has 17 heteroatoms. The molecule has 14 atom stereocenters. The summed E-state index contributed by atoms with van der Waals surface area (Å²) in [4.78, 5) is 43.7. The molecule has 2 aromatic rings. The van der Waals surface area contributed by atoms with Gasteiger partial charge >= 0.3 is 0 Å². The average Bonchev–Trinajstić information content (AvgIpc) is 3.36. The van der Waals surface area contributed by atoms with Gasteiger partial charge in [0.1, 0.15) is 59.6 Å². The first-order valence-corrected chi connectivity index (χ1v) is 17.1. The third kappa shape index (κ3) is 4.39. The molecule has 9 N–H and O–H groups in total. The maximum atomic E-state index is 14.8. The minimum atomic E-state index is -2.84. The number of benzene rings is 2. The molecule has 6 aliphatic rings. The second-order valence-corrected chi connectivity index (χ2v) is 14.6. The van der Waals surface area contributed by atoms with Gasteiger partial charge in [-0.1, -0.05) is 0 Å². The Morgan fingerprint density at radius 1 is 0.774 bits per heavy atom. The topological polar surface area (TPSA) is 279 Å². The lowest BCUT2D eigenvalue weighted by molar-refractivity contribution is -0.278. The summed E-state index contributed by atoms with van der Waals surface area (Å²) in [6.45, 7) is 5.11. The third-order valence-corrected chi connectivity index (χ3v) is 11.6. The van der Waals surface area contributed by atoms with Crippen LogP contribution in [0.5, 0.6) is 23.0 Å². The maximum absolute atomic E-state index is 14.8. The van der Waals surface area contributed by atoms with Gasteiger partial charge in [-0.05, 0) is 33.8 Å². The van der Waals surface area contributed by atoms with Crippen molar-refractivity contribution in [1.82, 2.24) is 0 Å². The van der Waals surface area contributed by atoms with E-state index >= 15 is 0 Å². The van der Waals surface area contributed by atoms with Crippen molar-refractivity contribution in [3.63, 3.8) is 0 Å². The fraction of sp³-hybridized carbons (Fsp3) is 0.528. The van der Waals surface area contributed by atoms with E-state index in [1.165, 1.54) is 27.7 Å². The minimum absolute atomic E-state index is 0.206. The number of aliphatic hydroxyl groups excluding tert-OH is 6. The van der Waals surface area contributed by atoms with Gasteiger partial charge in [-0.15, -0.1) is 0 Å². The van der Waals surface area contributed by atoms with Crippen molar-refractivity contribution < 1.29 is 84.0 Å². The van der Waals surface area contributed by atoms with Crippen LogP contribution in [0, 0.1) is 5.92 Å². The van der Waals surface area contributed by atoms with Crippen molar-refractivity contribution in [2.45, 2.75) is 106 Å². The SMILES string of the molecule is C[C@H]1O[C@H](C)[C@@H](O)C2=C1C(=O)c1c(O)cc3c(c1C2=O)[C@@]1(O)c2cc(O)cc(O[C@@H]4O[C@H](CO)[C@@H](O)[C@H](O)[C@H]4O)c2C(=O)[C@H]2[C@@H](C)O[C@H](C)[C@@H](O)[C@@]21O3. The van der Waals surface area contributed by atoms with Gasteiger partial charge in [-0.25, -0.2) is 0 Å². The van der Waals surface area contributed by atoms with Crippen LogP contribution < -0.4 is 9.47 Å². The molecule has 0 bridgehead atoms. The highest BCUT2D eigenvalue weighted by molar-refractivity contribution is 6.30. The van der Waals surface area contributed by atoms with Crippen LogP contribution in [0.15, 0.2) is 29.3 Å². The van der Waals surface area contributed by atoms with Crippen molar-refractivity contribution >= 4 is 17.3 Å². The summed E-state index contributed by atoms with van der Waals surface area (Å²) in [6, 6.07) is 2.88. The molecule has 0 aromatic heterocycles. The zero-order chi connectivity index (χ0) is 38.4. The number of phenolic OH excluding ortho intramolecular Hbond substituents is 2. The highest BCUT2D eigenvalue weighted by Crippen LogP contribution is 2.66. The Morgan fingerprint density at radius 2 is 1.45 bits per heavy atom. The first-order chi connectivity index (χ1) is 24.9. The number of phenols is 2. The maximum Gasteiger partial charge on any atom is 0.229 e. The van der Waals surface area contributed by atoms with E-state index in [2.05, 4.69) is 0 Å². The average molecular weight is 743 g/mol. The molecule has 0 radical (unpaired) electrons. The van der Waals surface area contributed by atoms with E-state index < -0.39 is 159 Å². The molecule has 2 aliphatic carbocycles. The van der Waals surface area contributed by atoms with Gasteiger partial charge in [0.25, 0.3) is 0 Å². The van der Waals surface area contributed by atoms with Crippen LogP contribution in [0.3, 0.4) is 0 Å². The second-order valence-electron chi connectivity index (χ2n) is 14.6. The number of carbonyl (C=O) groups is 3. The molecule has 0 amide bonds. The number of rotatable bonds is 3. The largest absolute Gasteiger partial charge is 0.508 e. The standard InChI is InChI=1S/C36H38O17/c1-9-19-23(26(40)11(3)49-9)29(43)22-21(28(19)42)15(39)7-17-25(22)35(48)14-5-13(38)6-16(51-34-32(46)31(45)27(41)18(8-37)52-34)20(14)30(44)24-10(2)50-12(4)33(47)36(24,35)53-17/h5-7,9-12,18,24,26-27,31-34,37-41,45-48H,8H2,1-4H3/t9-,10-,11-,12-,18-,24-,26-,27-,31+,32-,33-,34-,35+,36+/m1/s1. The highest BCUT2D eigenvalue weighted by Gasteiger charge is 2.77. The molecule has 17 nitrogen and oxygen atoms in total. The predicted octanol–water partition coefficient (Wildman–Crippen LogP) is -1.53.